The number of anilines is 1. The van der Waals surface area contributed by atoms with Crippen molar-refractivity contribution < 1.29 is 0 Å². The Kier molecular flexibility index (Phi) is 4.90. The topological polar surface area (TPSA) is 68.9 Å². The lowest BCUT2D eigenvalue weighted by Crippen LogP contribution is -2.46. The van der Waals surface area contributed by atoms with E-state index in [4.69, 9.17) is 5.26 Å². The van der Waals surface area contributed by atoms with E-state index in [1.54, 1.807) is 23.6 Å². The molecule has 0 saturated carbocycles. The van der Waals surface area contributed by atoms with Crippen molar-refractivity contribution in [3.05, 3.63) is 24.0 Å². The van der Waals surface area contributed by atoms with Crippen LogP contribution in [0.15, 0.2) is 18.3 Å². The van der Waals surface area contributed by atoms with Gasteiger partial charge >= 0.3 is 0 Å². The molecule has 2 aliphatic heterocycles. The number of aromatic nitrogens is 3. The molecule has 0 aliphatic carbocycles. The molecule has 0 atom stereocenters. The quantitative estimate of drug-likeness (QED) is 0.844. The van der Waals surface area contributed by atoms with Gasteiger partial charge < -0.3 is 9.80 Å². The number of hydrogen-bond acceptors (Lipinski definition) is 7. The van der Waals surface area contributed by atoms with E-state index >= 15 is 0 Å². The molecule has 7 heteroatoms. The fraction of sp³-hybridized carbons (Fsp3) is 0.556. The van der Waals surface area contributed by atoms with Gasteiger partial charge in [0.2, 0.25) is 5.13 Å². The van der Waals surface area contributed by atoms with E-state index in [-0.39, 0.29) is 0 Å². The molecule has 0 aromatic carbocycles. The van der Waals surface area contributed by atoms with Crippen LogP contribution >= 0.6 is 11.3 Å². The van der Waals surface area contributed by atoms with E-state index in [2.05, 4.69) is 25.0 Å². The van der Waals surface area contributed by atoms with Crippen LogP contribution in [-0.4, -0.2) is 52.3 Å². The van der Waals surface area contributed by atoms with Crippen molar-refractivity contribution in [3.63, 3.8) is 0 Å². The Balaban J connectivity index is 1.38. The summed E-state index contributed by atoms with van der Waals surface area (Å²) >= 11 is 1.61. The fourth-order valence-corrected chi connectivity index (χ4v) is 4.64. The van der Waals surface area contributed by atoms with Gasteiger partial charge in [0.25, 0.3) is 0 Å². The van der Waals surface area contributed by atoms with Gasteiger partial charge in [-0.1, -0.05) is 17.8 Å². The van der Waals surface area contributed by atoms with Crippen molar-refractivity contribution in [3.8, 4) is 16.6 Å². The van der Waals surface area contributed by atoms with Gasteiger partial charge in [-0.05, 0) is 50.9 Å². The SMILES string of the molecule is N#Cc1ccc(-c2nnc(N3CCC(N4CCCCC4)CC3)s2)cn1. The van der Waals surface area contributed by atoms with Crippen LogP contribution in [0.3, 0.4) is 0 Å². The van der Waals surface area contributed by atoms with Crippen molar-refractivity contribution in [2.45, 2.75) is 38.1 Å². The Hall–Kier alpha value is -2.04. The minimum absolute atomic E-state index is 0.424. The Labute approximate surface area is 152 Å². The molecule has 2 aromatic heterocycles. The molecular weight excluding hydrogens is 332 g/mol. The summed E-state index contributed by atoms with van der Waals surface area (Å²) in [6, 6.07) is 6.39. The highest BCUT2D eigenvalue weighted by Gasteiger charge is 2.27. The van der Waals surface area contributed by atoms with Crippen LogP contribution < -0.4 is 4.90 Å². The van der Waals surface area contributed by atoms with Gasteiger partial charge in [0, 0.05) is 30.9 Å². The van der Waals surface area contributed by atoms with Crippen LogP contribution in [0.5, 0.6) is 0 Å². The van der Waals surface area contributed by atoms with E-state index < -0.39 is 0 Å². The predicted molar refractivity (Wildman–Crippen MR) is 98.5 cm³/mol. The third-order valence-corrected chi connectivity index (χ3v) is 6.21. The predicted octanol–water partition coefficient (Wildman–Crippen LogP) is 2.93. The van der Waals surface area contributed by atoms with E-state index in [1.165, 1.54) is 45.2 Å². The third-order valence-electron chi connectivity index (χ3n) is 5.18. The first kappa shape index (κ1) is 16.4. The van der Waals surface area contributed by atoms with Crippen molar-refractivity contribution >= 4 is 16.5 Å². The average molecular weight is 354 g/mol. The molecule has 2 fully saturated rings. The molecule has 0 bridgehead atoms. The summed E-state index contributed by atoms with van der Waals surface area (Å²) in [5.41, 5.74) is 1.35. The molecule has 25 heavy (non-hydrogen) atoms. The lowest BCUT2D eigenvalue weighted by molar-refractivity contribution is 0.141. The second-order valence-electron chi connectivity index (χ2n) is 6.75. The molecule has 0 unspecified atom stereocenters. The molecule has 2 saturated heterocycles. The van der Waals surface area contributed by atoms with Crippen LogP contribution in [0.4, 0.5) is 5.13 Å². The van der Waals surface area contributed by atoms with Crippen LogP contribution in [0.1, 0.15) is 37.8 Å². The molecule has 0 radical (unpaired) electrons. The number of nitriles is 1. The van der Waals surface area contributed by atoms with E-state index in [0.717, 1.165) is 34.8 Å². The van der Waals surface area contributed by atoms with Gasteiger partial charge in [-0.3, -0.25) is 0 Å². The van der Waals surface area contributed by atoms with E-state index in [1.807, 2.05) is 12.1 Å². The van der Waals surface area contributed by atoms with Crippen molar-refractivity contribution in [1.82, 2.24) is 20.1 Å². The summed E-state index contributed by atoms with van der Waals surface area (Å²) in [4.78, 5) is 9.16. The first-order chi connectivity index (χ1) is 12.3. The van der Waals surface area contributed by atoms with E-state index in [9.17, 15) is 0 Å². The average Bonchev–Trinajstić information content (AvgIpc) is 3.19. The Morgan fingerprint density at radius 2 is 1.84 bits per heavy atom. The first-order valence-corrected chi connectivity index (χ1v) is 9.84. The summed E-state index contributed by atoms with van der Waals surface area (Å²) < 4.78 is 0. The molecule has 2 aliphatic rings. The molecule has 4 heterocycles. The number of hydrogen-bond donors (Lipinski definition) is 0. The Morgan fingerprint density at radius 1 is 1.04 bits per heavy atom. The maximum Gasteiger partial charge on any atom is 0.208 e. The highest BCUT2D eigenvalue weighted by Crippen LogP contribution is 2.31. The number of piperidine rings is 2. The summed E-state index contributed by atoms with van der Waals surface area (Å²) in [7, 11) is 0. The number of likely N-dealkylation sites (tertiary alicyclic amines) is 1. The maximum absolute atomic E-state index is 8.84. The molecule has 0 N–H and O–H groups in total. The minimum atomic E-state index is 0.424. The highest BCUT2D eigenvalue weighted by molar-refractivity contribution is 7.18. The minimum Gasteiger partial charge on any atom is -0.347 e. The van der Waals surface area contributed by atoms with Crippen molar-refractivity contribution in [2.75, 3.05) is 31.1 Å². The number of rotatable bonds is 3. The van der Waals surface area contributed by atoms with Gasteiger partial charge in [-0.25, -0.2) is 4.98 Å². The molecule has 0 spiro atoms. The molecule has 130 valence electrons. The molecule has 0 amide bonds. The van der Waals surface area contributed by atoms with Gasteiger partial charge in [0.1, 0.15) is 11.8 Å². The molecule has 6 nitrogen and oxygen atoms in total. The summed E-state index contributed by atoms with van der Waals surface area (Å²) in [6.45, 7) is 4.67. The Morgan fingerprint density at radius 3 is 2.52 bits per heavy atom. The standard InChI is InChI=1S/C18H22N6S/c19-12-15-5-4-14(13-20-15)17-21-22-18(25-17)24-10-6-16(7-11-24)23-8-2-1-3-9-23/h4-5,13,16H,1-3,6-11H2. The summed E-state index contributed by atoms with van der Waals surface area (Å²) in [6.07, 6.45) is 8.25. The molecular formula is C18H22N6S. The number of pyridine rings is 1. The zero-order chi connectivity index (χ0) is 17.1. The van der Waals surface area contributed by atoms with Gasteiger partial charge in [-0.2, -0.15) is 5.26 Å². The second-order valence-corrected chi connectivity index (χ2v) is 7.70. The van der Waals surface area contributed by atoms with Crippen molar-refractivity contribution in [1.29, 1.82) is 5.26 Å². The van der Waals surface area contributed by atoms with Crippen LogP contribution in [0, 0.1) is 11.3 Å². The van der Waals surface area contributed by atoms with Crippen LogP contribution in [-0.2, 0) is 0 Å². The lowest BCUT2D eigenvalue weighted by Gasteiger charge is -2.40. The van der Waals surface area contributed by atoms with E-state index in [0.29, 0.717) is 5.69 Å². The van der Waals surface area contributed by atoms with Crippen LogP contribution in [0.2, 0.25) is 0 Å². The summed E-state index contributed by atoms with van der Waals surface area (Å²) in [5.74, 6) is 0. The first-order valence-electron chi connectivity index (χ1n) is 9.02. The van der Waals surface area contributed by atoms with Gasteiger partial charge in [-0.15, -0.1) is 10.2 Å². The number of nitrogens with zero attached hydrogens (tertiary/aromatic N) is 6. The van der Waals surface area contributed by atoms with Crippen molar-refractivity contribution in [2.24, 2.45) is 0 Å². The molecule has 2 aromatic rings. The largest absolute Gasteiger partial charge is 0.347 e. The van der Waals surface area contributed by atoms with Gasteiger partial charge in [0.05, 0.1) is 0 Å². The molecule has 4 rings (SSSR count). The normalized spacial score (nSPS) is 19.7. The van der Waals surface area contributed by atoms with Gasteiger partial charge in [0.15, 0.2) is 5.01 Å². The van der Waals surface area contributed by atoms with Crippen LogP contribution in [0.25, 0.3) is 10.6 Å². The smallest absolute Gasteiger partial charge is 0.208 e. The third kappa shape index (κ3) is 3.65. The lowest BCUT2D eigenvalue weighted by atomic mass is 10.0. The highest BCUT2D eigenvalue weighted by atomic mass is 32.1. The second kappa shape index (κ2) is 7.46. The fourth-order valence-electron chi connectivity index (χ4n) is 3.75. The zero-order valence-corrected chi connectivity index (χ0v) is 15.1. The summed E-state index contributed by atoms with van der Waals surface area (Å²) in [5, 5.41) is 19.4. The Bertz CT molecular complexity index is 736. The monoisotopic (exact) mass is 354 g/mol. The maximum atomic E-state index is 8.84. The zero-order valence-electron chi connectivity index (χ0n) is 14.3.